The van der Waals surface area contributed by atoms with Crippen molar-refractivity contribution in [3.05, 3.63) is 103 Å². The number of para-hydroxylation sites is 1. The number of hydroxylamine groups is 1. The highest BCUT2D eigenvalue weighted by Crippen LogP contribution is 2.48. The van der Waals surface area contributed by atoms with Crippen LogP contribution in [-0.4, -0.2) is 25.0 Å². The number of rotatable bonds is 4. The molecule has 2 heterocycles. The lowest BCUT2D eigenvalue weighted by Crippen LogP contribution is -2.37. The number of carbonyl (C=O) groups is 2. The highest BCUT2D eigenvalue weighted by Gasteiger charge is 2.60. The van der Waals surface area contributed by atoms with Gasteiger partial charge in [0, 0.05) is 5.39 Å². The summed E-state index contributed by atoms with van der Waals surface area (Å²) in [5.74, 6) is -0.634. The summed E-state index contributed by atoms with van der Waals surface area (Å²) in [4.78, 5) is 35.1. The van der Waals surface area contributed by atoms with E-state index in [9.17, 15) is 9.59 Å². The van der Waals surface area contributed by atoms with E-state index < -0.39 is 18.1 Å². The second-order valence-corrected chi connectivity index (χ2v) is 8.44. The first kappa shape index (κ1) is 20.4. The molecule has 6 nitrogen and oxygen atoms in total. The van der Waals surface area contributed by atoms with Gasteiger partial charge in [0.05, 0.1) is 24.5 Å². The van der Waals surface area contributed by atoms with Crippen LogP contribution in [0.2, 0.25) is 0 Å². The Morgan fingerprint density at radius 1 is 0.794 bits per heavy atom. The van der Waals surface area contributed by atoms with Gasteiger partial charge in [-0.1, -0.05) is 66.7 Å². The van der Waals surface area contributed by atoms with Crippen LogP contribution in [0.25, 0.3) is 10.8 Å². The number of ether oxygens (including phenoxy) is 1. The van der Waals surface area contributed by atoms with E-state index >= 15 is 0 Å². The number of methoxy groups -OCH3 is 1. The SMILES string of the molecule is COc1cccc([C@H]2[C@@H]3C(=O)N(c4cccc5ccccc45)C(=O)[C@@H]3ON2c2ccccc2)c1. The van der Waals surface area contributed by atoms with E-state index in [0.717, 1.165) is 22.0 Å². The molecule has 0 bridgehead atoms. The van der Waals surface area contributed by atoms with Crippen LogP contribution in [0.4, 0.5) is 11.4 Å². The van der Waals surface area contributed by atoms with Crippen molar-refractivity contribution in [1.82, 2.24) is 0 Å². The number of amides is 2. The summed E-state index contributed by atoms with van der Waals surface area (Å²) in [5, 5.41) is 3.51. The van der Waals surface area contributed by atoms with E-state index in [4.69, 9.17) is 9.57 Å². The Morgan fingerprint density at radius 2 is 1.53 bits per heavy atom. The molecule has 3 atom stereocenters. The maximum Gasteiger partial charge on any atom is 0.266 e. The Morgan fingerprint density at radius 3 is 2.35 bits per heavy atom. The van der Waals surface area contributed by atoms with E-state index in [1.54, 1.807) is 12.2 Å². The molecular formula is C28H22N2O4. The molecule has 6 heteroatoms. The van der Waals surface area contributed by atoms with Crippen molar-refractivity contribution in [2.75, 3.05) is 17.1 Å². The van der Waals surface area contributed by atoms with Crippen LogP contribution >= 0.6 is 0 Å². The first-order valence-electron chi connectivity index (χ1n) is 11.2. The lowest BCUT2D eigenvalue weighted by Gasteiger charge is -2.29. The van der Waals surface area contributed by atoms with Crippen LogP contribution in [0, 0.1) is 5.92 Å². The van der Waals surface area contributed by atoms with Gasteiger partial charge in [-0.2, -0.15) is 0 Å². The van der Waals surface area contributed by atoms with Gasteiger partial charge in [0.1, 0.15) is 11.7 Å². The first-order chi connectivity index (χ1) is 16.7. The maximum absolute atomic E-state index is 13.9. The lowest BCUT2D eigenvalue weighted by atomic mass is 9.90. The minimum atomic E-state index is -0.914. The Kier molecular flexibility index (Phi) is 4.81. The standard InChI is InChI=1S/C28H22N2O4/c1-33-21-14-7-11-19(17-21)25-24-26(34-30(25)20-12-3-2-4-13-20)28(32)29(27(24)31)23-16-8-10-18-9-5-6-15-22(18)23/h2-17,24-26H,1H3/t24-,25-,26+/m0/s1. The van der Waals surface area contributed by atoms with Gasteiger partial charge in [-0.15, -0.1) is 0 Å². The molecule has 0 unspecified atom stereocenters. The molecule has 2 amide bonds. The molecular weight excluding hydrogens is 428 g/mol. The Balaban J connectivity index is 1.47. The van der Waals surface area contributed by atoms with Crippen molar-refractivity contribution in [3.63, 3.8) is 0 Å². The van der Waals surface area contributed by atoms with Crippen molar-refractivity contribution in [3.8, 4) is 5.75 Å². The molecule has 34 heavy (non-hydrogen) atoms. The molecule has 2 aliphatic rings. The largest absolute Gasteiger partial charge is 0.497 e. The minimum absolute atomic E-state index is 0.266. The predicted octanol–water partition coefficient (Wildman–Crippen LogP) is 4.90. The van der Waals surface area contributed by atoms with Gasteiger partial charge in [0.25, 0.3) is 5.91 Å². The van der Waals surface area contributed by atoms with Gasteiger partial charge in [-0.05, 0) is 41.3 Å². The van der Waals surface area contributed by atoms with Gasteiger partial charge in [0.2, 0.25) is 5.91 Å². The summed E-state index contributed by atoms with van der Waals surface area (Å²) in [6.45, 7) is 0. The minimum Gasteiger partial charge on any atom is -0.497 e. The fourth-order valence-corrected chi connectivity index (χ4v) is 5.02. The lowest BCUT2D eigenvalue weighted by molar-refractivity contribution is -0.126. The molecule has 4 aromatic carbocycles. The van der Waals surface area contributed by atoms with Crippen LogP contribution in [0.1, 0.15) is 11.6 Å². The van der Waals surface area contributed by atoms with Crippen LogP contribution in [0.15, 0.2) is 97.1 Å². The fourth-order valence-electron chi connectivity index (χ4n) is 5.02. The number of nitrogens with zero attached hydrogens (tertiary/aromatic N) is 2. The van der Waals surface area contributed by atoms with Crippen molar-refractivity contribution in [2.45, 2.75) is 12.1 Å². The number of anilines is 2. The third kappa shape index (κ3) is 3.07. The average Bonchev–Trinajstić information content (AvgIpc) is 3.40. The zero-order valence-corrected chi connectivity index (χ0v) is 18.5. The second-order valence-electron chi connectivity index (χ2n) is 8.44. The van der Waals surface area contributed by atoms with Crippen molar-refractivity contribution in [1.29, 1.82) is 0 Å². The summed E-state index contributed by atoms with van der Waals surface area (Å²) >= 11 is 0. The molecule has 0 spiro atoms. The van der Waals surface area contributed by atoms with Crippen LogP contribution in [-0.2, 0) is 14.4 Å². The molecule has 168 valence electrons. The number of hydrogen-bond donors (Lipinski definition) is 0. The van der Waals surface area contributed by atoms with E-state index in [2.05, 4.69) is 0 Å². The number of fused-ring (bicyclic) bond motifs is 2. The number of hydrogen-bond acceptors (Lipinski definition) is 5. The average molecular weight is 450 g/mol. The van der Waals surface area contributed by atoms with Gasteiger partial charge >= 0.3 is 0 Å². The summed E-state index contributed by atoms with van der Waals surface area (Å²) < 4.78 is 5.43. The summed E-state index contributed by atoms with van der Waals surface area (Å²) in [6, 6.07) is 30.0. The first-order valence-corrected chi connectivity index (χ1v) is 11.2. The molecule has 0 N–H and O–H groups in total. The van der Waals surface area contributed by atoms with Crippen molar-refractivity contribution < 1.29 is 19.2 Å². The fraction of sp³-hybridized carbons (Fsp3) is 0.143. The van der Waals surface area contributed by atoms with Crippen LogP contribution < -0.4 is 14.7 Å². The van der Waals surface area contributed by atoms with E-state index in [1.807, 2.05) is 97.1 Å². The third-order valence-corrected chi connectivity index (χ3v) is 6.57. The smallest absolute Gasteiger partial charge is 0.266 e. The molecule has 0 radical (unpaired) electrons. The molecule has 0 aromatic heterocycles. The molecule has 0 saturated carbocycles. The monoisotopic (exact) mass is 450 g/mol. The quantitative estimate of drug-likeness (QED) is 0.414. The van der Waals surface area contributed by atoms with Crippen LogP contribution in [0.3, 0.4) is 0 Å². The molecule has 4 aromatic rings. The van der Waals surface area contributed by atoms with Crippen molar-refractivity contribution in [2.24, 2.45) is 5.92 Å². The highest BCUT2D eigenvalue weighted by molar-refractivity contribution is 6.26. The van der Waals surface area contributed by atoms with Crippen molar-refractivity contribution >= 4 is 34.0 Å². The second kappa shape index (κ2) is 8.01. The Bertz CT molecular complexity index is 1400. The van der Waals surface area contributed by atoms with E-state index in [0.29, 0.717) is 11.4 Å². The predicted molar refractivity (Wildman–Crippen MR) is 129 cm³/mol. The number of benzene rings is 4. The Hall–Kier alpha value is -4.16. The van der Waals surface area contributed by atoms with Gasteiger partial charge < -0.3 is 4.74 Å². The van der Waals surface area contributed by atoms with E-state index in [-0.39, 0.29) is 11.8 Å². The summed E-state index contributed by atoms with van der Waals surface area (Å²) in [5.41, 5.74) is 2.21. The van der Waals surface area contributed by atoms with Gasteiger partial charge in [-0.3, -0.25) is 14.4 Å². The normalized spacial score (nSPS) is 21.9. The van der Waals surface area contributed by atoms with Crippen LogP contribution in [0.5, 0.6) is 5.75 Å². The van der Waals surface area contributed by atoms with Gasteiger partial charge in [0.15, 0.2) is 6.10 Å². The number of carbonyl (C=O) groups excluding carboxylic acids is 2. The zero-order valence-electron chi connectivity index (χ0n) is 18.5. The van der Waals surface area contributed by atoms with E-state index in [1.165, 1.54) is 4.90 Å². The number of imide groups is 1. The topological polar surface area (TPSA) is 59.1 Å². The highest BCUT2D eigenvalue weighted by atomic mass is 16.7. The third-order valence-electron chi connectivity index (χ3n) is 6.57. The summed E-state index contributed by atoms with van der Waals surface area (Å²) in [6.07, 6.45) is -0.914. The zero-order chi connectivity index (χ0) is 23.2. The molecule has 2 aliphatic heterocycles. The van der Waals surface area contributed by atoms with Gasteiger partial charge in [-0.25, -0.2) is 9.96 Å². The maximum atomic E-state index is 13.9. The molecule has 0 aliphatic carbocycles. The summed E-state index contributed by atoms with van der Waals surface area (Å²) in [7, 11) is 1.61. The molecule has 2 saturated heterocycles. The Labute approximate surface area is 196 Å². The molecule has 2 fully saturated rings. The molecule has 6 rings (SSSR count).